The molecule has 2 heteroatoms. The molecular weight excluding hydrogens is 244 g/mol. The maximum Gasteiger partial charge on any atom is 0.131 e. The van der Waals surface area contributed by atoms with Crippen molar-refractivity contribution in [2.45, 2.75) is 33.1 Å². The van der Waals surface area contributed by atoms with E-state index in [0.29, 0.717) is 0 Å². The summed E-state index contributed by atoms with van der Waals surface area (Å²) in [5.41, 5.74) is 5.20. The second-order valence-electron chi connectivity index (χ2n) is 5.54. The molecule has 0 fully saturated rings. The summed E-state index contributed by atoms with van der Waals surface area (Å²) in [7, 11) is 4.15. The summed E-state index contributed by atoms with van der Waals surface area (Å²) in [5.74, 6) is 1.12. The molecule has 2 rings (SSSR count). The Bertz CT molecular complexity index is 559. The van der Waals surface area contributed by atoms with Crippen LogP contribution < -0.4 is 4.90 Å². The minimum absolute atomic E-state index is 0.898. The van der Waals surface area contributed by atoms with Gasteiger partial charge < -0.3 is 4.90 Å². The van der Waals surface area contributed by atoms with Crippen LogP contribution in [-0.4, -0.2) is 19.1 Å². The Balaban J connectivity index is 2.36. The van der Waals surface area contributed by atoms with Crippen LogP contribution in [0.25, 0.3) is 0 Å². The van der Waals surface area contributed by atoms with E-state index in [1.807, 2.05) is 0 Å². The zero-order chi connectivity index (χ0) is 14.5. The van der Waals surface area contributed by atoms with Crippen molar-refractivity contribution >= 4 is 5.82 Å². The number of pyridine rings is 1. The molecule has 0 unspecified atom stereocenters. The van der Waals surface area contributed by atoms with E-state index in [1.165, 1.54) is 16.7 Å². The van der Waals surface area contributed by atoms with Crippen molar-refractivity contribution in [1.82, 2.24) is 4.98 Å². The first-order valence-electron chi connectivity index (χ1n) is 7.32. The highest BCUT2D eigenvalue weighted by Crippen LogP contribution is 2.23. The maximum absolute atomic E-state index is 4.87. The molecule has 0 amide bonds. The summed E-state index contributed by atoms with van der Waals surface area (Å²) >= 11 is 0. The van der Waals surface area contributed by atoms with Gasteiger partial charge in [0.15, 0.2) is 0 Å². The third-order valence-corrected chi connectivity index (χ3v) is 3.53. The minimum atomic E-state index is 0.898. The van der Waals surface area contributed by atoms with Crippen molar-refractivity contribution in [2.75, 3.05) is 19.0 Å². The van der Waals surface area contributed by atoms with Crippen LogP contribution in [0.15, 0.2) is 36.4 Å². The average molecular weight is 268 g/mol. The van der Waals surface area contributed by atoms with Gasteiger partial charge in [-0.3, -0.25) is 0 Å². The fourth-order valence-electron chi connectivity index (χ4n) is 2.57. The van der Waals surface area contributed by atoms with E-state index in [-0.39, 0.29) is 0 Å². The van der Waals surface area contributed by atoms with Crippen LogP contribution in [0.2, 0.25) is 0 Å². The Morgan fingerprint density at radius 2 is 1.80 bits per heavy atom. The van der Waals surface area contributed by atoms with E-state index in [4.69, 9.17) is 4.98 Å². The normalized spacial score (nSPS) is 10.6. The zero-order valence-corrected chi connectivity index (χ0v) is 13.0. The number of anilines is 1. The van der Waals surface area contributed by atoms with Gasteiger partial charge in [0.05, 0.1) is 0 Å². The molecule has 0 bridgehead atoms. The standard InChI is InChI=1S/C18H24N2/c1-5-9-17-14(2)12-16(19-18(17)20(3)4)13-15-10-7-6-8-11-15/h6-8,10-12H,5,9,13H2,1-4H3. The molecule has 1 heterocycles. The summed E-state index contributed by atoms with van der Waals surface area (Å²) in [4.78, 5) is 7.00. The van der Waals surface area contributed by atoms with Gasteiger partial charge in [-0.05, 0) is 36.1 Å². The van der Waals surface area contributed by atoms with Crippen molar-refractivity contribution < 1.29 is 0 Å². The number of benzene rings is 1. The molecule has 0 atom stereocenters. The zero-order valence-electron chi connectivity index (χ0n) is 13.0. The lowest BCUT2D eigenvalue weighted by Gasteiger charge is -2.19. The van der Waals surface area contributed by atoms with Gasteiger partial charge >= 0.3 is 0 Å². The topological polar surface area (TPSA) is 16.1 Å². The minimum Gasteiger partial charge on any atom is -0.363 e. The Labute approximate surface area is 122 Å². The second-order valence-corrected chi connectivity index (χ2v) is 5.54. The van der Waals surface area contributed by atoms with Gasteiger partial charge in [0.25, 0.3) is 0 Å². The van der Waals surface area contributed by atoms with Gasteiger partial charge in [0.1, 0.15) is 5.82 Å². The number of rotatable bonds is 5. The first-order valence-corrected chi connectivity index (χ1v) is 7.32. The van der Waals surface area contributed by atoms with Crippen LogP contribution in [0.4, 0.5) is 5.82 Å². The molecule has 0 aliphatic heterocycles. The molecule has 2 aromatic rings. The fourth-order valence-corrected chi connectivity index (χ4v) is 2.57. The smallest absolute Gasteiger partial charge is 0.131 e. The predicted octanol–water partition coefficient (Wildman–Crippen LogP) is 4.00. The molecule has 0 saturated heterocycles. The van der Waals surface area contributed by atoms with Crippen molar-refractivity contribution in [2.24, 2.45) is 0 Å². The van der Waals surface area contributed by atoms with E-state index in [9.17, 15) is 0 Å². The van der Waals surface area contributed by atoms with Crippen LogP contribution in [0, 0.1) is 6.92 Å². The Morgan fingerprint density at radius 3 is 2.40 bits per heavy atom. The highest BCUT2D eigenvalue weighted by Gasteiger charge is 2.11. The van der Waals surface area contributed by atoms with Crippen LogP contribution >= 0.6 is 0 Å². The number of hydrogen-bond donors (Lipinski definition) is 0. The van der Waals surface area contributed by atoms with Gasteiger partial charge in [0.2, 0.25) is 0 Å². The molecule has 0 aliphatic rings. The fraction of sp³-hybridized carbons (Fsp3) is 0.389. The van der Waals surface area contributed by atoms with E-state index < -0.39 is 0 Å². The first kappa shape index (κ1) is 14.6. The molecule has 0 spiro atoms. The van der Waals surface area contributed by atoms with Crippen LogP contribution in [0.1, 0.15) is 35.7 Å². The summed E-state index contributed by atoms with van der Waals surface area (Å²) < 4.78 is 0. The highest BCUT2D eigenvalue weighted by molar-refractivity contribution is 5.51. The molecule has 1 aromatic carbocycles. The second kappa shape index (κ2) is 6.56. The van der Waals surface area contributed by atoms with Crippen molar-refractivity contribution in [3.8, 4) is 0 Å². The number of aromatic nitrogens is 1. The average Bonchev–Trinajstić information content (AvgIpc) is 2.42. The number of hydrogen-bond acceptors (Lipinski definition) is 2. The molecule has 0 saturated carbocycles. The van der Waals surface area contributed by atoms with E-state index in [0.717, 1.165) is 30.8 Å². The highest BCUT2D eigenvalue weighted by atomic mass is 15.1. The largest absolute Gasteiger partial charge is 0.363 e. The Kier molecular flexibility index (Phi) is 4.78. The van der Waals surface area contributed by atoms with Crippen molar-refractivity contribution in [3.63, 3.8) is 0 Å². The molecular formula is C18H24N2. The van der Waals surface area contributed by atoms with Crippen LogP contribution in [0.3, 0.4) is 0 Å². The van der Waals surface area contributed by atoms with Crippen molar-refractivity contribution in [3.05, 3.63) is 58.8 Å². The predicted molar refractivity (Wildman–Crippen MR) is 86.5 cm³/mol. The third-order valence-electron chi connectivity index (χ3n) is 3.53. The van der Waals surface area contributed by atoms with Gasteiger partial charge in [-0.1, -0.05) is 43.7 Å². The number of nitrogens with zero attached hydrogens (tertiary/aromatic N) is 2. The van der Waals surface area contributed by atoms with E-state index >= 15 is 0 Å². The quantitative estimate of drug-likeness (QED) is 0.815. The summed E-state index contributed by atoms with van der Waals surface area (Å²) in [6.07, 6.45) is 3.15. The SMILES string of the molecule is CCCc1c(C)cc(Cc2ccccc2)nc1N(C)C. The number of aryl methyl sites for hydroxylation is 1. The van der Waals surface area contributed by atoms with Gasteiger partial charge in [0, 0.05) is 26.2 Å². The molecule has 0 aliphatic carbocycles. The first-order chi connectivity index (χ1) is 9.61. The van der Waals surface area contributed by atoms with Gasteiger partial charge in [-0.25, -0.2) is 4.98 Å². The molecule has 1 aromatic heterocycles. The summed E-state index contributed by atoms with van der Waals surface area (Å²) in [6.45, 7) is 4.42. The molecule has 0 N–H and O–H groups in total. The molecule has 0 radical (unpaired) electrons. The Hall–Kier alpha value is -1.83. The van der Waals surface area contributed by atoms with Crippen LogP contribution in [0.5, 0.6) is 0 Å². The van der Waals surface area contributed by atoms with Crippen LogP contribution in [-0.2, 0) is 12.8 Å². The van der Waals surface area contributed by atoms with E-state index in [1.54, 1.807) is 0 Å². The third kappa shape index (κ3) is 3.38. The maximum atomic E-state index is 4.87. The lowest BCUT2D eigenvalue weighted by atomic mass is 10.0. The lowest BCUT2D eigenvalue weighted by Crippen LogP contribution is -2.15. The molecule has 2 nitrogen and oxygen atoms in total. The molecule has 106 valence electrons. The Morgan fingerprint density at radius 1 is 1.10 bits per heavy atom. The summed E-state index contributed by atoms with van der Waals surface area (Å²) in [5, 5.41) is 0. The van der Waals surface area contributed by atoms with Gasteiger partial charge in [-0.15, -0.1) is 0 Å². The van der Waals surface area contributed by atoms with E-state index in [2.05, 4.69) is 69.2 Å². The van der Waals surface area contributed by atoms with Crippen molar-refractivity contribution in [1.29, 1.82) is 0 Å². The lowest BCUT2D eigenvalue weighted by molar-refractivity contribution is 0.878. The van der Waals surface area contributed by atoms with Gasteiger partial charge in [-0.2, -0.15) is 0 Å². The molecule has 20 heavy (non-hydrogen) atoms. The monoisotopic (exact) mass is 268 g/mol. The summed E-state index contributed by atoms with van der Waals surface area (Å²) in [6, 6.07) is 12.8.